The Morgan fingerprint density at radius 2 is 1.69 bits per heavy atom. The summed E-state index contributed by atoms with van der Waals surface area (Å²) in [5.41, 5.74) is 2.62. The highest BCUT2D eigenvalue weighted by atomic mass is 16.5. The highest BCUT2D eigenvalue weighted by Gasteiger charge is 2.70. The molecule has 1 atom stereocenters. The zero-order chi connectivity index (χ0) is 40.9. The molecule has 2 aromatic carbocycles. The van der Waals surface area contributed by atoms with Gasteiger partial charge in [0.25, 0.3) is 17.4 Å². The number of hydrogen-bond donors (Lipinski definition) is 2. The number of rotatable bonds is 15. The summed E-state index contributed by atoms with van der Waals surface area (Å²) in [5.74, 6) is -0.609. The molecular formula is C43H46N6O9. The van der Waals surface area contributed by atoms with Crippen molar-refractivity contribution in [1.82, 2.24) is 30.0 Å². The first-order valence-corrected chi connectivity index (χ1v) is 19.6. The van der Waals surface area contributed by atoms with Gasteiger partial charge in [-0.05, 0) is 93.3 Å². The molecule has 0 spiro atoms. The molecule has 58 heavy (non-hydrogen) atoms. The topological polar surface area (TPSA) is 178 Å². The van der Waals surface area contributed by atoms with Crippen LogP contribution in [0.1, 0.15) is 84.1 Å². The Bertz CT molecular complexity index is 2400. The number of amides is 5. The maximum absolute atomic E-state index is 13.3. The monoisotopic (exact) mass is 790 g/mol. The molecule has 2 bridgehead atoms. The molecule has 1 saturated heterocycles. The number of nitrogens with zero attached hydrogens (tertiary/aromatic N) is 4. The molecule has 5 aliphatic rings. The number of nitrogens with one attached hydrogen (secondary N) is 2. The first kappa shape index (κ1) is 38.8. The number of aryl methyl sites for hydroxylation is 1. The van der Waals surface area contributed by atoms with Crippen LogP contribution >= 0.6 is 0 Å². The number of carbonyl (C=O) groups is 5. The third-order valence-corrected chi connectivity index (χ3v) is 12.3. The normalized spacial score (nSPS) is 22.0. The van der Waals surface area contributed by atoms with Crippen LogP contribution in [0, 0.1) is 0 Å². The molecule has 2 aliphatic heterocycles. The van der Waals surface area contributed by atoms with E-state index in [1.54, 1.807) is 50.4 Å². The van der Waals surface area contributed by atoms with Gasteiger partial charge in [0.05, 0.1) is 42.9 Å². The van der Waals surface area contributed by atoms with Crippen LogP contribution in [0.15, 0.2) is 59.8 Å². The van der Waals surface area contributed by atoms with Crippen molar-refractivity contribution in [2.75, 3.05) is 27.9 Å². The number of piperidine rings is 1. The lowest BCUT2D eigenvalue weighted by atomic mass is 9.43. The van der Waals surface area contributed by atoms with Crippen LogP contribution < -0.4 is 30.4 Å². The number of pyridine rings is 2. The van der Waals surface area contributed by atoms with Crippen molar-refractivity contribution in [3.05, 3.63) is 82.0 Å². The molecule has 15 heteroatoms. The van der Waals surface area contributed by atoms with E-state index in [2.05, 4.69) is 27.6 Å². The summed E-state index contributed by atoms with van der Waals surface area (Å²) in [4.78, 5) is 83.6. The Kier molecular flexibility index (Phi) is 10.0. The summed E-state index contributed by atoms with van der Waals surface area (Å²) >= 11 is 0. The van der Waals surface area contributed by atoms with Crippen LogP contribution in [-0.4, -0.2) is 93.9 Å². The molecule has 3 aliphatic carbocycles. The third kappa shape index (κ3) is 6.66. The minimum Gasteiger partial charge on any atom is -0.496 e. The van der Waals surface area contributed by atoms with E-state index >= 15 is 0 Å². The van der Waals surface area contributed by atoms with E-state index in [9.17, 15) is 28.8 Å². The maximum Gasteiger partial charge on any atom is 0.266 e. The highest BCUT2D eigenvalue weighted by Crippen LogP contribution is 2.63. The summed E-state index contributed by atoms with van der Waals surface area (Å²) in [6, 6.07) is 9.56. The van der Waals surface area contributed by atoms with Gasteiger partial charge < -0.3 is 24.1 Å². The van der Waals surface area contributed by atoms with Crippen molar-refractivity contribution < 1.29 is 38.2 Å². The van der Waals surface area contributed by atoms with Gasteiger partial charge in [0.1, 0.15) is 23.3 Å². The summed E-state index contributed by atoms with van der Waals surface area (Å²) < 4.78 is 19.3. The lowest BCUT2D eigenvalue weighted by Crippen LogP contribution is -2.83. The molecule has 4 aromatic rings. The van der Waals surface area contributed by atoms with E-state index in [0.29, 0.717) is 42.7 Å². The fourth-order valence-electron chi connectivity index (χ4n) is 9.22. The Labute approximate surface area is 334 Å². The van der Waals surface area contributed by atoms with Crippen LogP contribution in [-0.2, 0) is 28.0 Å². The average molecular weight is 791 g/mol. The second-order valence-corrected chi connectivity index (χ2v) is 16.0. The van der Waals surface area contributed by atoms with Crippen molar-refractivity contribution in [3.8, 4) is 28.4 Å². The van der Waals surface area contributed by atoms with Crippen molar-refractivity contribution in [1.29, 1.82) is 0 Å². The number of hydrogen-bond acceptors (Lipinski definition) is 11. The molecule has 9 rings (SSSR count). The van der Waals surface area contributed by atoms with Crippen LogP contribution in [0.2, 0.25) is 0 Å². The van der Waals surface area contributed by atoms with Gasteiger partial charge in [-0.1, -0.05) is 6.07 Å². The van der Waals surface area contributed by atoms with Crippen LogP contribution in [0.25, 0.3) is 21.9 Å². The zero-order valence-electron chi connectivity index (χ0n) is 33.0. The van der Waals surface area contributed by atoms with Crippen molar-refractivity contribution >= 4 is 40.3 Å². The summed E-state index contributed by atoms with van der Waals surface area (Å²) in [7, 11) is 7.11. The smallest absolute Gasteiger partial charge is 0.266 e. The number of aromatic nitrogens is 2. The molecular weight excluding hydrogens is 745 g/mol. The average Bonchev–Trinajstić information content (AvgIpc) is 3.44. The molecule has 2 N–H and O–H groups in total. The number of methoxy groups -OCH3 is 2. The standard InChI is InChI=1S/C43H46N6O9/c1-47-20-29(26-14-15-44-19-28(26)39(47)53)25-17-33(56-3)30(34(18-25)57-4)21-48(2)43-22-42(23-43,24-43)46-36(51)11-6-5-7-16-58-32-10-8-9-27-37(32)41(55)49(40(27)54)31-12-13-35(50)45-38(31)52/h8-10,14-15,17-20,31H,5-7,11-13,16,21-24H2,1-4H3,(H,46,51)(H,45,50,52). The predicted octanol–water partition coefficient (Wildman–Crippen LogP) is 3.88. The largest absolute Gasteiger partial charge is 0.496 e. The summed E-state index contributed by atoms with van der Waals surface area (Å²) in [6.07, 6.45) is 10.2. The van der Waals surface area contributed by atoms with E-state index < -0.39 is 29.7 Å². The highest BCUT2D eigenvalue weighted by molar-refractivity contribution is 6.24. The van der Waals surface area contributed by atoms with Crippen LogP contribution in [0.5, 0.6) is 17.2 Å². The van der Waals surface area contributed by atoms with Gasteiger partial charge in [-0.3, -0.25) is 48.9 Å². The summed E-state index contributed by atoms with van der Waals surface area (Å²) in [6.45, 7) is 0.877. The number of fused-ring (bicyclic) bond motifs is 2. The minimum absolute atomic E-state index is 0.0241. The fourth-order valence-corrected chi connectivity index (χ4v) is 9.22. The fraction of sp³-hybridized carbons (Fsp3) is 0.419. The van der Waals surface area contributed by atoms with Gasteiger partial charge >= 0.3 is 0 Å². The lowest BCUT2D eigenvalue weighted by Gasteiger charge is -2.73. The van der Waals surface area contributed by atoms with E-state index in [0.717, 1.165) is 52.7 Å². The number of imide groups is 2. The molecule has 3 saturated carbocycles. The first-order valence-electron chi connectivity index (χ1n) is 19.6. The SMILES string of the molecule is COc1cc(-c2cn(C)c(=O)c3cnccc23)cc(OC)c1CN(C)C12CC(NC(=O)CCCCCOc3cccc4c3C(=O)N(C3CCC(=O)NC3=O)C4=O)(C1)C2. The van der Waals surface area contributed by atoms with Crippen molar-refractivity contribution in [3.63, 3.8) is 0 Å². The van der Waals surface area contributed by atoms with E-state index in [1.807, 2.05) is 24.4 Å². The lowest BCUT2D eigenvalue weighted by molar-refractivity contribution is -0.179. The summed E-state index contributed by atoms with van der Waals surface area (Å²) in [5, 5.41) is 6.83. The maximum atomic E-state index is 13.3. The van der Waals surface area contributed by atoms with Crippen LogP contribution in [0.4, 0.5) is 0 Å². The Morgan fingerprint density at radius 3 is 2.40 bits per heavy atom. The quantitative estimate of drug-likeness (QED) is 0.132. The molecule has 2 aromatic heterocycles. The van der Waals surface area contributed by atoms with E-state index in [-0.39, 0.29) is 58.9 Å². The number of ether oxygens (including phenoxy) is 3. The third-order valence-electron chi connectivity index (χ3n) is 12.3. The van der Waals surface area contributed by atoms with Gasteiger partial charge in [-0.25, -0.2) is 0 Å². The minimum atomic E-state index is -1.04. The number of unbranched alkanes of at least 4 members (excludes halogenated alkanes) is 2. The molecule has 4 fully saturated rings. The second kappa shape index (κ2) is 15.0. The molecule has 15 nitrogen and oxygen atoms in total. The molecule has 1 unspecified atom stereocenters. The van der Waals surface area contributed by atoms with E-state index in [4.69, 9.17) is 14.2 Å². The van der Waals surface area contributed by atoms with Crippen molar-refractivity contribution in [2.45, 2.75) is 81.5 Å². The van der Waals surface area contributed by atoms with Gasteiger partial charge in [0, 0.05) is 61.7 Å². The Morgan fingerprint density at radius 1 is 0.948 bits per heavy atom. The molecule has 0 radical (unpaired) electrons. The van der Waals surface area contributed by atoms with E-state index in [1.165, 1.54) is 6.07 Å². The zero-order valence-corrected chi connectivity index (χ0v) is 33.0. The second-order valence-electron chi connectivity index (χ2n) is 16.0. The molecule has 302 valence electrons. The predicted molar refractivity (Wildman–Crippen MR) is 212 cm³/mol. The van der Waals surface area contributed by atoms with Crippen molar-refractivity contribution in [2.24, 2.45) is 7.05 Å². The number of benzene rings is 2. The number of carbonyl (C=O) groups excluding carboxylic acids is 5. The van der Waals surface area contributed by atoms with Gasteiger partial charge in [-0.15, -0.1) is 0 Å². The Hall–Kier alpha value is -6.09. The molecule has 5 amide bonds. The van der Waals surface area contributed by atoms with Gasteiger partial charge in [0.2, 0.25) is 17.7 Å². The van der Waals surface area contributed by atoms with Gasteiger partial charge in [-0.2, -0.15) is 0 Å². The van der Waals surface area contributed by atoms with Gasteiger partial charge in [0.15, 0.2) is 0 Å². The Balaban J connectivity index is 0.807. The first-order chi connectivity index (χ1) is 27.9. The van der Waals surface area contributed by atoms with Crippen LogP contribution in [0.3, 0.4) is 0 Å². The molecule has 4 heterocycles.